The van der Waals surface area contributed by atoms with Crippen molar-refractivity contribution in [1.29, 1.82) is 0 Å². The van der Waals surface area contributed by atoms with Crippen LogP contribution in [-0.2, 0) is 12.6 Å². The molecule has 1 nitrogen and oxygen atoms in total. The average molecular weight is 315 g/mol. The minimum Gasteiger partial charge on any atom is -0.330 e. The molecule has 6 heteroatoms. The highest BCUT2D eigenvalue weighted by atomic mass is 19.4. The predicted molar refractivity (Wildman–Crippen MR) is 73.3 cm³/mol. The van der Waals surface area contributed by atoms with Gasteiger partial charge in [-0.25, -0.2) is 8.78 Å². The SMILES string of the molecule is NCC(Cc1ccc(C(F)(F)F)cc1)c1ccc(F)c(F)c1. The van der Waals surface area contributed by atoms with Gasteiger partial charge in [-0.05, 0) is 48.4 Å². The summed E-state index contributed by atoms with van der Waals surface area (Å²) in [5, 5.41) is 0. The van der Waals surface area contributed by atoms with E-state index in [1.54, 1.807) is 0 Å². The number of benzene rings is 2. The lowest BCUT2D eigenvalue weighted by atomic mass is 9.91. The molecule has 2 N–H and O–H groups in total. The van der Waals surface area contributed by atoms with Gasteiger partial charge in [-0.3, -0.25) is 0 Å². The van der Waals surface area contributed by atoms with Gasteiger partial charge in [0.15, 0.2) is 11.6 Å². The number of alkyl halides is 3. The van der Waals surface area contributed by atoms with Crippen LogP contribution in [0.1, 0.15) is 22.6 Å². The van der Waals surface area contributed by atoms with Crippen molar-refractivity contribution in [3.63, 3.8) is 0 Å². The maximum absolute atomic E-state index is 13.3. The Balaban J connectivity index is 2.18. The topological polar surface area (TPSA) is 26.0 Å². The van der Waals surface area contributed by atoms with Gasteiger partial charge in [-0.2, -0.15) is 13.2 Å². The Kier molecular flexibility index (Phi) is 4.81. The number of nitrogens with two attached hydrogens (primary N) is 1. The van der Waals surface area contributed by atoms with Crippen molar-refractivity contribution in [2.75, 3.05) is 6.54 Å². The molecule has 2 aromatic rings. The fraction of sp³-hybridized carbons (Fsp3) is 0.250. The van der Waals surface area contributed by atoms with Crippen molar-refractivity contribution in [3.8, 4) is 0 Å². The van der Waals surface area contributed by atoms with Crippen LogP contribution in [-0.4, -0.2) is 6.54 Å². The third-order valence-corrected chi connectivity index (χ3v) is 3.46. The first-order valence-electron chi connectivity index (χ1n) is 6.62. The fourth-order valence-electron chi connectivity index (χ4n) is 2.22. The molecule has 0 heterocycles. The molecule has 0 aliphatic rings. The average Bonchev–Trinajstić information content (AvgIpc) is 2.47. The van der Waals surface area contributed by atoms with Crippen molar-refractivity contribution in [1.82, 2.24) is 0 Å². The van der Waals surface area contributed by atoms with Crippen molar-refractivity contribution in [2.24, 2.45) is 5.73 Å². The van der Waals surface area contributed by atoms with Crippen LogP contribution >= 0.6 is 0 Å². The Labute approximate surface area is 124 Å². The molecule has 1 unspecified atom stereocenters. The molecule has 1 atom stereocenters. The van der Waals surface area contributed by atoms with E-state index in [2.05, 4.69) is 0 Å². The van der Waals surface area contributed by atoms with Crippen LogP contribution < -0.4 is 5.73 Å². The molecule has 0 saturated carbocycles. The highest BCUT2D eigenvalue weighted by Gasteiger charge is 2.30. The van der Waals surface area contributed by atoms with Gasteiger partial charge in [0.25, 0.3) is 0 Å². The number of hydrogen-bond donors (Lipinski definition) is 1. The normalized spacial score (nSPS) is 13.2. The highest BCUT2D eigenvalue weighted by Crippen LogP contribution is 2.30. The zero-order chi connectivity index (χ0) is 16.3. The predicted octanol–water partition coefficient (Wildman–Crippen LogP) is 4.27. The van der Waals surface area contributed by atoms with Crippen molar-refractivity contribution in [3.05, 3.63) is 70.8 Å². The highest BCUT2D eigenvalue weighted by molar-refractivity contribution is 5.28. The van der Waals surface area contributed by atoms with E-state index < -0.39 is 23.4 Å². The van der Waals surface area contributed by atoms with Crippen molar-refractivity contribution in [2.45, 2.75) is 18.5 Å². The van der Waals surface area contributed by atoms with E-state index in [1.165, 1.54) is 18.2 Å². The van der Waals surface area contributed by atoms with Gasteiger partial charge in [0, 0.05) is 5.92 Å². The van der Waals surface area contributed by atoms with E-state index in [0.717, 1.165) is 24.3 Å². The van der Waals surface area contributed by atoms with Gasteiger partial charge in [-0.15, -0.1) is 0 Å². The van der Waals surface area contributed by atoms with E-state index in [4.69, 9.17) is 5.73 Å². The van der Waals surface area contributed by atoms with Crippen LogP contribution in [0.5, 0.6) is 0 Å². The molecule has 0 bridgehead atoms. The minimum absolute atomic E-state index is 0.173. The summed E-state index contributed by atoms with van der Waals surface area (Å²) in [6.45, 7) is 0.173. The van der Waals surface area contributed by atoms with E-state index in [1.807, 2.05) is 0 Å². The molecule has 118 valence electrons. The molecule has 0 aliphatic heterocycles. The maximum Gasteiger partial charge on any atom is 0.416 e. The summed E-state index contributed by atoms with van der Waals surface area (Å²) in [7, 11) is 0. The van der Waals surface area contributed by atoms with Crippen LogP contribution in [0.15, 0.2) is 42.5 Å². The molecule has 22 heavy (non-hydrogen) atoms. The number of halogens is 5. The van der Waals surface area contributed by atoms with Crippen LogP contribution in [0.2, 0.25) is 0 Å². The second kappa shape index (κ2) is 6.44. The van der Waals surface area contributed by atoms with E-state index >= 15 is 0 Å². The van der Waals surface area contributed by atoms with Crippen LogP contribution in [0.3, 0.4) is 0 Å². The Morgan fingerprint density at radius 1 is 0.909 bits per heavy atom. The third-order valence-electron chi connectivity index (χ3n) is 3.46. The lowest BCUT2D eigenvalue weighted by Crippen LogP contribution is -2.15. The Morgan fingerprint density at radius 3 is 2.05 bits per heavy atom. The Hall–Kier alpha value is -1.95. The lowest BCUT2D eigenvalue weighted by Gasteiger charge is -2.16. The zero-order valence-electron chi connectivity index (χ0n) is 11.5. The summed E-state index contributed by atoms with van der Waals surface area (Å²) in [6, 6.07) is 8.23. The van der Waals surface area contributed by atoms with Gasteiger partial charge < -0.3 is 5.73 Å². The molecule has 2 rings (SSSR count). The van der Waals surface area contributed by atoms with E-state index in [-0.39, 0.29) is 12.5 Å². The quantitative estimate of drug-likeness (QED) is 0.838. The second-order valence-corrected chi connectivity index (χ2v) is 5.00. The van der Waals surface area contributed by atoms with Gasteiger partial charge in [-0.1, -0.05) is 18.2 Å². The smallest absolute Gasteiger partial charge is 0.330 e. The fourth-order valence-corrected chi connectivity index (χ4v) is 2.22. The maximum atomic E-state index is 13.3. The zero-order valence-corrected chi connectivity index (χ0v) is 11.5. The van der Waals surface area contributed by atoms with Crippen LogP contribution in [0.4, 0.5) is 22.0 Å². The van der Waals surface area contributed by atoms with Gasteiger partial charge in [0.2, 0.25) is 0 Å². The van der Waals surface area contributed by atoms with Crippen LogP contribution in [0.25, 0.3) is 0 Å². The van der Waals surface area contributed by atoms with E-state index in [0.29, 0.717) is 17.5 Å². The monoisotopic (exact) mass is 315 g/mol. The second-order valence-electron chi connectivity index (χ2n) is 5.00. The molecule has 2 aromatic carbocycles. The molecule has 0 radical (unpaired) electrons. The molecule has 0 fully saturated rings. The third kappa shape index (κ3) is 3.82. The summed E-state index contributed by atoms with van der Waals surface area (Å²) in [6.07, 6.45) is -4.04. The molecule has 0 spiro atoms. The first-order chi connectivity index (χ1) is 10.3. The molecule has 0 amide bonds. The summed E-state index contributed by atoms with van der Waals surface area (Å²) >= 11 is 0. The Morgan fingerprint density at radius 2 is 1.55 bits per heavy atom. The van der Waals surface area contributed by atoms with Gasteiger partial charge in [0.1, 0.15) is 0 Å². The molecular weight excluding hydrogens is 301 g/mol. The molecule has 0 aromatic heterocycles. The van der Waals surface area contributed by atoms with Gasteiger partial charge in [0.05, 0.1) is 5.56 Å². The number of rotatable bonds is 4. The molecule has 0 aliphatic carbocycles. The first kappa shape index (κ1) is 16.4. The minimum atomic E-state index is -4.38. The summed E-state index contributed by atoms with van der Waals surface area (Å²) in [5.74, 6) is -2.22. The summed E-state index contributed by atoms with van der Waals surface area (Å²) < 4.78 is 63.7. The lowest BCUT2D eigenvalue weighted by molar-refractivity contribution is -0.137. The molecule has 0 saturated heterocycles. The largest absolute Gasteiger partial charge is 0.416 e. The standard InChI is InChI=1S/C16H14F5N/c17-14-6-3-11(8-15(14)18)12(9-22)7-10-1-4-13(5-2-10)16(19,20)21/h1-6,8,12H,7,9,22H2. The first-order valence-corrected chi connectivity index (χ1v) is 6.62. The molecular formula is C16H14F5N. The van der Waals surface area contributed by atoms with Crippen molar-refractivity contribution >= 4 is 0 Å². The summed E-state index contributed by atoms with van der Waals surface area (Å²) in [4.78, 5) is 0. The van der Waals surface area contributed by atoms with E-state index in [9.17, 15) is 22.0 Å². The van der Waals surface area contributed by atoms with Crippen molar-refractivity contribution < 1.29 is 22.0 Å². The number of hydrogen-bond acceptors (Lipinski definition) is 1. The van der Waals surface area contributed by atoms with Crippen LogP contribution in [0, 0.1) is 11.6 Å². The van der Waals surface area contributed by atoms with Gasteiger partial charge >= 0.3 is 6.18 Å². The Bertz CT molecular complexity index is 634. The summed E-state index contributed by atoms with van der Waals surface area (Å²) in [5.41, 5.74) is 6.08.